The molecule has 0 saturated heterocycles. The van der Waals surface area contributed by atoms with E-state index in [1.165, 1.54) is 60.1 Å². The van der Waals surface area contributed by atoms with E-state index in [-0.39, 0.29) is 0 Å². The molecule has 0 aliphatic heterocycles. The van der Waals surface area contributed by atoms with Gasteiger partial charge >= 0.3 is 0 Å². The van der Waals surface area contributed by atoms with Gasteiger partial charge < -0.3 is 0 Å². The first kappa shape index (κ1) is 29.9. The lowest BCUT2D eigenvalue weighted by atomic mass is 9.87. The predicted octanol–water partition coefficient (Wildman–Crippen LogP) is 12.8. The van der Waals surface area contributed by atoms with Gasteiger partial charge in [0.15, 0.2) is 0 Å². The van der Waals surface area contributed by atoms with Crippen LogP contribution in [0.4, 0.5) is 0 Å². The van der Waals surface area contributed by atoms with Gasteiger partial charge in [-0.1, -0.05) is 133 Å². The minimum absolute atomic E-state index is 0.818. The molecule has 3 aromatic heterocycles. The topological polar surface area (TPSA) is 38.7 Å². The molecule has 10 rings (SSSR count). The van der Waals surface area contributed by atoms with Gasteiger partial charge in [0.2, 0.25) is 0 Å². The second-order valence-corrected chi connectivity index (χ2v) is 13.2. The molecule has 3 nitrogen and oxygen atoms in total. The van der Waals surface area contributed by atoms with E-state index in [9.17, 15) is 0 Å². The quantitative estimate of drug-likeness (QED) is 0.166. The molecule has 3 heterocycles. The number of pyridine rings is 3. The van der Waals surface area contributed by atoms with Crippen molar-refractivity contribution in [3.8, 4) is 67.3 Å². The maximum atomic E-state index is 4.95. The van der Waals surface area contributed by atoms with Gasteiger partial charge in [-0.2, -0.15) is 0 Å². The summed E-state index contributed by atoms with van der Waals surface area (Å²) in [5.41, 5.74) is 12.7. The van der Waals surface area contributed by atoms with E-state index in [1.54, 1.807) is 12.4 Å². The molecule has 0 N–H and O–H groups in total. The van der Waals surface area contributed by atoms with Crippen molar-refractivity contribution < 1.29 is 0 Å². The fourth-order valence-corrected chi connectivity index (χ4v) is 7.65. The first-order valence-corrected chi connectivity index (χ1v) is 17.6. The zero-order valence-electron chi connectivity index (χ0n) is 28.2. The highest BCUT2D eigenvalue weighted by Gasteiger charge is 2.16. The fourth-order valence-electron chi connectivity index (χ4n) is 7.65. The molecule has 0 spiro atoms. The molecule has 0 atom stereocenters. The van der Waals surface area contributed by atoms with Crippen LogP contribution in [0.15, 0.2) is 188 Å². The molecule has 0 saturated carbocycles. The Kier molecular flexibility index (Phi) is 7.14. The third kappa shape index (κ3) is 5.19. The number of rotatable bonds is 6. The van der Waals surface area contributed by atoms with Crippen LogP contribution in [-0.2, 0) is 0 Å². The molecule has 242 valence electrons. The Morgan fingerprint density at radius 1 is 0.288 bits per heavy atom. The maximum absolute atomic E-state index is 4.95. The summed E-state index contributed by atoms with van der Waals surface area (Å²) in [6.07, 6.45) is 3.61. The Morgan fingerprint density at radius 3 is 1.52 bits per heavy atom. The van der Waals surface area contributed by atoms with E-state index in [0.29, 0.717) is 0 Å². The summed E-state index contributed by atoms with van der Waals surface area (Å²) >= 11 is 0. The third-order valence-corrected chi connectivity index (χ3v) is 10.2. The van der Waals surface area contributed by atoms with Crippen molar-refractivity contribution in [2.24, 2.45) is 0 Å². The Balaban J connectivity index is 1.03. The van der Waals surface area contributed by atoms with Crippen molar-refractivity contribution in [1.82, 2.24) is 15.0 Å². The smallest absolute Gasteiger partial charge is 0.0900 e. The van der Waals surface area contributed by atoms with Gasteiger partial charge in [-0.05, 0) is 119 Å². The van der Waals surface area contributed by atoms with Crippen molar-refractivity contribution in [1.29, 1.82) is 0 Å². The van der Waals surface area contributed by atoms with Gasteiger partial charge in [0.05, 0.1) is 22.8 Å². The molecule has 0 aliphatic rings. The van der Waals surface area contributed by atoms with E-state index < -0.39 is 0 Å². The monoisotopic (exact) mass is 661 g/mol. The van der Waals surface area contributed by atoms with Crippen LogP contribution in [0.3, 0.4) is 0 Å². The molecule has 3 heteroatoms. The first-order chi connectivity index (χ1) is 25.8. The number of aromatic nitrogens is 3. The summed E-state index contributed by atoms with van der Waals surface area (Å²) < 4.78 is 0. The summed E-state index contributed by atoms with van der Waals surface area (Å²) in [4.78, 5) is 14.1. The lowest BCUT2D eigenvalue weighted by Crippen LogP contribution is -1.94. The van der Waals surface area contributed by atoms with Crippen LogP contribution in [0, 0.1) is 0 Å². The number of nitrogens with zero attached hydrogens (tertiary/aromatic N) is 3. The van der Waals surface area contributed by atoms with E-state index in [2.05, 4.69) is 149 Å². The van der Waals surface area contributed by atoms with Crippen LogP contribution in [0.2, 0.25) is 0 Å². The van der Waals surface area contributed by atoms with Crippen LogP contribution in [0.1, 0.15) is 0 Å². The normalized spacial score (nSPS) is 11.5. The van der Waals surface area contributed by atoms with E-state index in [4.69, 9.17) is 4.98 Å². The molecule has 0 unspecified atom stereocenters. The van der Waals surface area contributed by atoms with Gasteiger partial charge in [0.1, 0.15) is 0 Å². The fraction of sp³-hybridized carbons (Fsp3) is 0. The molecule has 0 aliphatic carbocycles. The molecule has 0 amide bonds. The number of hydrogen-bond acceptors (Lipinski definition) is 3. The summed E-state index contributed by atoms with van der Waals surface area (Å²) in [5.74, 6) is 0. The van der Waals surface area contributed by atoms with Gasteiger partial charge in [0, 0.05) is 12.4 Å². The highest BCUT2D eigenvalue weighted by atomic mass is 14.8. The van der Waals surface area contributed by atoms with Crippen LogP contribution in [-0.4, -0.2) is 15.0 Å². The zero-order valence-corrected chi connectivity index (χ0v) is 28.2. The number of benzene rings is 7. The predicted molar refractivity (Wildman–Crippen MR) is 216 cm³/mol. The largest absolute Gasteiger partial charge is 0.255 e. The molecule has 0 fully saturated rings. The molecule has 7 aromatic carbocycles. The van der Waals surface area contributed by atoms with E-state index in [0.717, 1.165) is 39.5 Å². The van der Waals surface area contributed by atoms with Crippen molar-refractivity contribution >= 4 is 32.3 Å². The van der Waals surface area contributed by atoms with E-state index in [1.807, 2.05) is 36.4 Å². The van der Waals surface area contributed by atoms with Crippen LogP contribution in [0.5, 0.6) is 0 Å². The second-order valence-electron chi connectivity index (χ2n) is 13.2. The van der Waals surface area contributed by atoms with Crippen molar-refractivity contribution in [2.45, 2.75) is 0 Å². The summed E-state index contributed by atoms with van der Waals surface area (Å²) in [7, 11) is 0. The molecule has 0 radical (unpaired) electrons. The average Bonchev–Trinajstić information content (AvgIpc) is 3.23. The molecule has 0 bridgehead atoms. The Morgan fingerprint density at radius 2 is 0.846 bits per heavy atom. The Hall–Kier alpha value is -6.97. The lowest BCUT2D eigenvalue weighted by molar-refractivity contribution is 1.22. The SMILES string of the molecule is c1ccc(-c2cc(-c3ccc(-c4cccc(-c5ccccc5-c5ccc6ccc7cccc8ccc5c6c78)c4)cc3)cc(-c3ccccn3)n2)nc1. The lowest BCUT2D eigenvalue weighted by Gasteiger charge is -2.17. The zero-order chi connectivity index (χ0) is 34.4. The minimum atomic E-state index is 0.818. The summed E-state index contributed by atoms with van der Waals surface area (Å²) in [6.45, 7) is 0. The van der Waals surface area contributed by atoms with Gasteiger partial charge in [-0.3, -0.25) is 9.97 Å². The van der Waals surface area contributed by atoms with Crippen molar-refractivity contribution in [3.63, 3.8) is 0 Å². The molecular formula is C49H31N3. The Bertz CT molecular complexity index is 2810. The summed E-state index contributed by atoms with van der Waals surface area (Å²) in [6, 6.07) is 62.8. The number of hydrogen-bond donors (Lipinski definition) is 0. The van der Waals surface area contributed by atoms with E-state index >= 15 is 0 Å². The van der Waals surface area contributed by atoms with Crippen molar-refractivity contribution in [2.75, 3.05) is 0 Å². The van der Waals surface area contributed by atoms with Gasteiger partial charge in [-0.25, -0.2) is 4.98 Å². The van der Waals surface area contributed by atoms with Gasteiger partial charge in [0.25, 0.3) is 0 Å². The Labute approximate surface area is 301 Å². The first-order valence-electron chi connectivity index (χ1n) is 17.6. The second kappa shape index (κ2) is 12.4. The standard InChI is InChI=1S/C49H31N3/c1-2-14-41(42-25-23-36-22-21-34-9-7-10-35-24-26-43(42)49(36)48(34)35)40(13-1)38-12-8-11-37(29-38)32-17-19-33(20-18-32)39-30-46(44-15-3-5-27-50-44)52-47(31-39)45-16-4-6-28-51-45/h1-31H. The minimum Gasteiger partial charge on any atom is -0.255 e. The molecular weight excluding hydrogens is 631 g/mol. The average molecular weight is 662 g/mol. The summed E-state index contributed by atoms with van der Waals surface area (Å²) in [5, 5.41) is 7.81. The van der Waals surface area contributed by atoms with Gasteiger partial charge in [-0.15, -0.1) is 0 Å². The highest BCUT2D eigenvalue weighted by Crippen LogP contribution is 2.42. The van der Waals surface area contributed by atoms with Crippen molar-refractivity contribution in [3.05, 3.63) is 188 Å². The van der Waals surface area contributed by atoms with Crippen LogP contribution in [0.25, 0.3) is 99.6 Å². The molecule has 10 aromatic rings. The van der Waals surface area contributed by atoms with Crippen LogP contribution < -0.4 is 0 Å². The third-order valence-electron chi connectivity index (χ3n) is 10.2. The highest BCUT2D eigenvalue weighted by molar-refractivity contribution is 6.25. The maximum Gasteiger partial charge on any atom is 0.0900 e. The molecule has 52 heavy (non-hydrogen) atoms. The van der Waals surface area contributed by atoms with Crippen LogP contribution >= 0.6 is 0 Å².